The molecule has 0 unspecified atom stereocenters. The van der Waals surface area contributed by atoms with Gasteiger partial charge in [0.05, 0.1) is 13.1 Å². The van der Waals surface area contributed by atoms with Crippen LogP contribution in [0.25, 0.3) is 0 Å². The van der Waals surface area contributed by atoms with Gasteiger partial charge in [-0.1, -0.05) is 29.8 Å². The summed E-state index contributed by atoms with van der Waals surface area (Å²) >= 11 is 0. The number of benzene rings is 1. The van der Waals surface area contributed by atoms with Crippen molar-refractivity contribution in [1.82, 2.24) is 19.7 Å². The molecule has 2 rings (SSSR count). The highest BCUT2D eigenvalue weighted by atomic mass is 15.3. The molecule has 4 heteroatoms. The van der Waals surface area contributed by atoms with Crippen molar-refractivity contribution in [2.75, 3.05) is 7.05 Å². The summed E-state index contributed by atoms with van der Waals surface area (Å²) in [4.78, 5) is 6.63. The first-order valence-corrected chi connectivity index (χ1v) is 6.68. The molecular weight excluding hydrogens is 236 g/mol. The van der Waals surface area contributed by atoms with Crippen LogP contribution in [-0.4, -0.2) is 32.8 Å². The number of nitrogens with zero attached hydrogens (tertiary/aromatic N) is 4. The minimum absolute atomic E-state index is 0.504. The fourth-order valence-electron chi connectivity index (χ4n) is 1.93. The summed E-state index contributed by atoms with van der Waals surface area (Å²) < 4.78 is 1.98. The fourth-order valence-corrected chi connectivity index (χ4v) is 1.93. The molecule has 0 amide bonds. The third-order valence-corrected chi connectivity index (χ3v) is 3.38. The minimum Gasteiger partial charge on any atom is -0.297 e. The number of aryl methyl sites for hydroxylation is 1. The van der Waals surface area contributed by atoms with E-state index in [0.717, 1.165) is 18.9 Å². The molecule has 0 atom stereocenters. The minimum atomic E-state index is 0.504. The predicted molar refractivity (Wildman–Crippen MR) is 76.9 cm³/mol. The van der Waals surface area contributed by atoms with Crippen LogP contribution in [0.15, 0.2) is 30.6 Å². The molecule has 102 valence electrons. The summed E-state index contributed by atoms with van der Waals surface area (Å²) in [6.45, 7) is 8.08. The normalized spacial score (nSPS) is 11.5. The molecule has 0 N–H and O–H groups in total. The Balaban J connectivity index is 2.11. The van der Waals surface area contributed by atoms with Crippen LogP contribution in [0, 0.1) is 6.92 Å². The van der Waals surface area contributed by atoms with Gasteiger partial charge in [0, 0.05) is 6.04 Å². The second-order valence-corrected chi connectivity index (χ2v) is 5.33. The van der Waals surface area contributed by atoms with Crippen LogP contribution in [0.3, 0.4) is 0 Å². The molecule has 4 nitrogen and oxygen atoms in total. The third-order valence-electron chi connectivity index (χ3n) is 3.38. The molecule has 0 fully saturated rings. The SMILES string of the molecule is Cc1cccc(Cn2ncnc2CN(C)C(C)C)c1. The van der Waals surface area contributed by atoms with Crippen molar-refractivity contribution in [3.8, 4) is 0 Å². The molecule has 1 aromatic heterocycles. The quantitative estimate of drug-likeness (QED) is 0.826. The monoisotopic (exact) mass is 258 g/mol. The van der Waals surface area contributed by atoms with E-state index >= 15 is 0 Å². The highest BCUT2D eigenvalue weighted by molar-refractivity contribution is 5.22. The van der Waals surface area contributed by atoms with Gasteiger partial charge in [-0.15, -0.1) is 0 Å². The first kappa shape index (κ1) is 13.7. The Morgan fingerprint density at radius 1 is 1.32 bits per heavy atom. The second kappa shape index (κ2) is 5.97. The van der Waals surface area contributed by atoms with Crippen LogP contribution in [0.2, 0.25) is 0 Å². The van der Waals surface area contributed by atoms with Crippen molar-refractivity contribution in [3.05, 3.63) is 47.5 Å². The van der Waals surface area contributed by atoms with Crippen LogP contribution in [-0.2, 0) is 13.1 Å². The van der Waals surface area contributed by atoms with E-state index in [-0.39, 0.29) is 0 Å². The summed E-state index contributed by atoms with van der Waals surface area (Å²) in [5.74, 6) is 1.01. The second-order valence-electron chi connectivity index (χ2n) is 5.33. The lowest BCUT2D eigenvalue weighted by molar-refractivity contribution is 0.254. The van der Waals surface area contributed by atoms with Gasteiger partial charge in [-0.2, -0.15) is 5.10 Å². The van der Waals surface area contributed by atoms with E-state index in [9.17, 15) is 0 Å². The highest BCUT2D eigenvalue weighted by Crippen LogP contribution is 2.08. The Morgan fingerprint density at radius 3 is 2.79 bits per heavy atom. The fraction of sp³-hybridized carbons (Fsp3) is 0.467. The molecule has 19 heavy (non-hydrogen) atoms. The van der Waals surface area contributed by atoms with Crippen LogP contribution >= 0.6 is 0 Å². The Bertz CT molecular complexity index is 530. The van der Waals surface area contributed by atoms with Crippen molar-refractivity contribution in [1.29, 1.82) is 0 Å². The summed E-state index contributed by atoms with van der Waals surface area (Å²) in [7, 11) is 2.11. The number of aromatic nitrogens is 3. The zero-order valence-electron chi connectivity index (χ0n) is 12.2. The molecule has 0 spiro atoms. The van der Waals surface area contributed by atoms with E-state index in [4.69, 9.17) is 0 Å². The van der Waals surface area contributed by atoms with Gasteiger partial charge in [-0.05, 0) is 33.4 Å². The predicted octanol–water partition coefficient (Wildman–Crippen LogP) is 2.48. The van der Waals surface area contributed by atoms with Crippen molar-refractivity contribution < 1.29 is 0 Å². The third kappa shape index (κ3) is 3.64. The first-order valence-electron chi connectivity index (χ1n) is 6.68. The lowest BCUT2D eigenvalue weighted by Gasteiger charge is -2.20. The van der Waals surface area contributed by atoms with E-state index in [1.54, 1.807) is 6.33 Å². The standard InChI is InChI=1S/C15H22N4/c1-12(2)18(4)10-15-16-11-17-19(15)9-14-7-5-6-13(3)8-14/h5-8,11-12H,9-10H2,1-4H3. The topological polar surface area (TPSA) is 34.0 Å². The van der Waals surface area contributed by atoms with Crippen molar-refractivity contribution in [2.24, 2.45) is 0 Å². The van der Waals surface area contributed by atoms with E-state index < -0.39 is 0 Å². The van der Waals surface area contributed by atoms with Gasteiger partial charge in [-0.25, -0.2) is 9.67 Å². The highest BCUT2D eigenvalue weighted by Gasteiger charge is 2.10. The van der Waals surface area contributed by atoms with Gasteiger partial charge < -0.3 is 0 Å². The smallest absolute Gasteiger partial charge is 0.141 e. The molecule has 1 aromatic carbocycles. The molecule has 2 aromatic rings. The van der Waals surface area contributed by atoms with Gasteiger partial charge in [0.15, 0.2) is 0 Å². The molecule has 0 aliphatic carbocycles. The first-order chi connectivity index (χ1) is 9.06. The Morgan fingerprint density at radius 2 is 2.11 bits per heavy atom. The van der Waals surface area contributed by atoms with E-state index in [1.165, 1.54) is 11.1 Å². The van der Waals surface area contributed by atoms with Gasteiger partial charge >= 0.3 is 0 Å². The van der Waals surface area contributed by atoms with E-state index in [2.05, 4.69) is 67.1 Å². The van der Waals surface area contributed by atoms with Crippen molar-refractivity contribution in [2.45, 2.75) is 39.9 Å². The average molecular weight is 258 g/mol. The summed E-state index contributed by atoms with van der Waals surface area (Å²) in [5.41, 5.74) is 2.54. The summed E-state index contributed by atoms with van der Waals surface area (Å²) in [6.07, 6.45) is 1.64. The molecule has 0 aliphatic rings. The molecule has 1 heterocycles. The summed E-state index contributed by atoms with van der Waals surface area (Å²) in [5, 5.41) is 4.33. The van der Waals surface area contributed by atoms with Gasteiger partial charge in [0.1, 0.15) is 12.2 Å². The van der Waals surface area contributed by atoms with Crippen LogP contribution in [0.4, 0.5) is 0 Å². The van der Waals surface area contributed by atoms with Crippen LogP contribution in [0.5, 0.6) is 0 Å². The molecular formula is C15H22N4. The maximum Gasteiger partial charge on any atom is 0.141 e. The molecule has 0 aliphatic heterocycles. The van der Waals surface area contributed by atoms with Crippen molar-refractivity contribution >= 4 is 0 Å². The Kier molecular flexibility index (Phi) is 4.32. The molecule has 0 saturated carbocycles. The number of hydrogen-bond donors (Lipinski definition) is 0. The van der Waals surface area contributed by atoms with E-state index in [1.807, 2.05) is 4.68 Å². The van der Waals surface area contributed by atoms with Crippen LogP contribution < -0.4 is 0 Å². The van der Waals surface area contributed by atoms with Crippen LogP contribution in [0.1, 0.15) is 30.8 Å². The van der Waals surface area contributed by atoms with Gasteiger partial charge in [0.2, 0.25) is 0 Å². The average Bonchev–Trinajstić information content (AvgIpc) is 2.76. The maximum atomic E-state index is 4.37. The molecule has 0 bridgehead atoms. The number of rotatable bonds is 5. The summed E-state index contributed by atoms with van der Waals surface area (Å²) in [6, 6.07) is 9.02. The van der Waals surface area contributed by atoms with Gasteiger partial charge in [0.25, 0.3) is 0 Å². The molecule has 0 radical (unpaired) electrons. The van der Waals surface area contributed by atoms with Gasteiger partial charge in [-0.3, -0.25) is 4.90 Å². The Labute approximate surface area is 115 Å². The largest absolute Gasteiger partial charge is 0.297 e. The Hall–Kier alpha value is -1.68. The molecule has 0 saturated heterocycles. The zero-order chi connectivity index (χ0) is 13.8. The zero-order valence-corrected chi connectivity index (χ0v) is 12.2. The lowest BCUT2D eigenvalue weighted by atomic mass is 10.1. The van der Waals surface area contributed by atoms with Crippen molar-refractivity contribution in [3.63, 3.8) is 0 Å². The maximum absolute atomic E-state index is 4.37. The number of hydrogen-bond acceptors (Lipinski definition) is 3. The van der Waals surface area contributed by atoms with E-state index in [0.29, 0.717) is 6.04 Å². The lowest BCUT2D eigenvalue weighted by Crippen LogP contribution is -2.27.